The summed E-state index contributed by atoms with van der Waals surface area (Å²) in [5, 5.41) is 6.23. The molecule has 3 unspecified atom stereocenters. The van der Waals surface area contributed by atoms with Crippen LogP contribution in [0.4, 0.5) is 0 Å². The molecule has 2 N–H and O–H groups in total. The third-order valence-corrected chi connectivity index (χ3v) is 5.06. The number of carbonyl (C=O) groups excluding carboxylic acids is 1. The normalized spacial score (nSPS) is 27.8. The van der Waals surface area contributed by atoms with Crippen LogP contribution in [0.15, 0.2) is 24.3 Å². The Morgan fingerprint density at radius 1 is 1.20 bits per heavy atom. The predicted octanol–water partition coefficient (Wildman–Crippen LogP) is 2.57. The van der Waals surface area contributed by atoms with E-state index in [0.717, 1.165) is 36.4 Å². The van der Waals surface area contributed by atoms with E-state index in [9.17, 15) is 4.79 Å². The van der Waals surface area contributed by atoms with E-state index in [1.54, 1.807) is 7.05 Å². The second kappa shape index (κ2) is 5.96. The van der Waals surface area contributed by atoms with E-state index in [1.165, 1.54) is 31.2 Å². The van der Waals surface area contributed by atoms with Gasteiger partial charge in [0.1, 0.15) is 0 Å². The van der Waals surface area contributed by atoms with Crippen LogP contribution in [0.3, 0.4) is 0 Å². The van der Waals surface area contributed by atoms with Crippen molar-refractivity contribution in [1.82, 2.24) is 10.6 Å². The van der Waals surface area contributed by atoms with Crippen molar-refractivity contribution < 1.29 is 4.79 Å². The molecule has 3 nitrogen and oxygen atoms in total. The molecule has 108 valence electrons. The molecule has 0 aliphatic heterocycles. The Morgan fingerprint density at radius 3 is 2.60 bits per heavy atom. The Labute approximate surface area is 121 Å². The summed E-state index contributed by atoms with van der Waals surface area (Å²) in [6.07, 6.45) is 5.85. The molecule has 1 aromatic carbocycles. The monoisotopic (exact) mass is 272 g/mol. The van der Waals surface area contributed by atoms with Crippen molar-refractivity contribution in [2.75, 3.05) is 13.6 Å². The van der Waals surface area contributed by atoms with E-state index >= 15 is 0 Å². The average molecular weight is 272 g/mol. The molecule has 3 atom stereocenters. The van der Waals surface area contributed by atoms with Gasteiger partial charge in [0.05, 0.1) is 0 Å². The Morgan fingerprint density at radius 2 is 2.00 bits per heavy atom. The van der Waals surface area contributed by atoms with Crippen LogP contribution >= 0.6 is 0 Å². The van der Waals surface area contributed by atoms with E-state index in [2.05, 4.69) is 10.6 Å². The summed E-state index contributed by atoms with van der Waals surface area (Å²) in [7, 11) is 1.66. The highest BCUT2D eigenvalue weighted by Crippen LogP contribution is 2.47. The molecule has 0 aromatic heterocycles. The van der Waals surface area contributed by atoms with Gasteiger partial charge in [0.15, 0.2) is 0 Å². The average Bonchev–Trinajstić information content (AvgIpc) is 3.10. The van der Waals surface area contributed by atoms with E-state index in [-0.39, 0.29) is 5.91 Å². The van der Waals surface area contributed by atoms with Gasteiger partial charge in [-0.05, 0) is 61.3 Å². The molecule has 3 rings (SSSR count). The van der Waals surface area contributed by atoms with Crippen LogP contribution in [0, 0.1) is 17.8 Å². The fourth-order valence-corrected chi connectivity index (χ4v) is 3.95. The molecule has 1 amide bonds. The van der Waals surface area contributed by atoms with Crippen LogP contribution in [-0.2, 0) is 6.54 Å². The summed E-state index contributed by atoms with van der Waals surface area (Å²) < 4.78 is 0. The summed E-state index contributed by atoms with van der Waals surface area (Å²) in [4.78, 5) is 11.5. The van der Waals surface area contributed by atoms with Gasteiger partial charge in [-0.15, -0.1) is 0 Å². The number of carbonyl (C=O) groups is 1. The maximum atomic E-state index is 11.5. The van der Waals surface area contributed by atoms with Crippen LogP contribution < -0.4 is 10.6 Å². The number of amides is 1. The third-order valence-electron chi connectivity index (χ3n) is 5.06. The van der Waals surface area contributed by atoms with Crippen molar-refractivity contribution in [3.63, 3.8) is 0 Å². The number of benzene rings is 1. The van der Waals surface area contributed by atoms with E-state index in [1.807, 2.05) is 24.3 Å². The molecule has 0 saturated heterocycles. The Kier molecular flexibility index (Phi) is 4.06. The van der Waals surface area contributed by atoms with Crippen molar-refractivity contribution in [3.8, 4) is 0 Å². The van der Waals surface area contributed by atoms with Crippen molar-refractivity contribution in [3.05, 3.63) is 35.4 Å². The Hall–Kier alpha value is -1.35. The zero-order valence-electron chi connectivity index (χ0n) is 12.2. The molecule has 1 aromatic rings. The fraction of sp³-hybridized carbons (Fsp3) is 0.588. The lowest BCUT2D eigenvalue weighted by Gasteiger charge is -2.21. The van der Waals surface area contributed by atoms with Crippen LogP contribution in [0.5, 0.6) is 0 Å². The lowest BCUT2D eigenvalue weighted by atomic mass is 9.89. The van der Waals surface area contributed by atoms with E-state index in [0.29, 0.717) is 0 Å². The van der Waals surface area contributed by atoms with Crippen molar-refractivity contribution in [2.24, 2.45) is 17.8 Å². The zero-order valence-corrected chi connectivity index (χ0v) is 12.2. The highest BCUT2D eigenvalue weighted by atomic mass is 16.1. The van der Waals surface area contributed by atoms with Gasteiger partial charge in [-0.3, -0.25) is 4.79 Å². The highest BCUT2D eigenvalue weighted by Gasteiger charge is 2.38. The summed E-state index contributed by atoms with van der Waals surface area (Å²) in [6, 6.07) is 7.87. The zero-order chi connectivity index (χ0) is 13.9. The maximum absolute atomic E-state index is 11.5. The molecule has 2 aliphatic rings. The first-order valence-corrected chi connectivity index (χ1v) is 7.78. The minimum atomic E-state index is -0.0218. The first-order chi connectivity index (χ1) is 9.76. The number of fused-ring (bicyclic) bond motifs is 2. The number of nitrogens with one attached hydrogen (secondary N) is 2. The topological polar surface area (TPSA) is 41.1 Å². The summed E-state index contributed by atoms with van der Waals surface area (Å²) in [5.74, 6) is 2.90. The van der Waals surface area contributed by atoms with Crippen LogP contribution in [0.2, 0.25) is 0 Å². The van der Waals surface area contributed by atoms with Gasteiger partial charge in [-0.1, -0.05) is 18.6 Å². The molecule has 2 bridgehead atoms. The van der Waals surface area contributed by atoms with E-state index < -0.39 is 0 Å². The van der Waals surface area contributed by atoms with Gasteiger partial charge in [0.25, 0.3) is 5.91 Å². The number of hydrogen-bond donors (Lipinski definition) is 2. The lowest BCUT2D eigenvalue weighted by molar-refractivity contribution is 0.0963. The molecule has 2 fully saturated rings. The number of hydrogen-bond acceptors (Lipinski definition) is 2. The van der Waals surface area contributed by atoms with Gasteiger partial charge in [0, 0.05) is 19.2 Å². The largest absolute Gasteiger partial charge is 0.355 e. The van der Waals surface area contributed by atoms with Crippen LogP contribution in [-0.4, -0.2) is 19.5 Å². The molecule has 0 heterocycles. The molecular weight excluding hydrogens is 248 g/mol. The second-order valence-electron chi connectivity index (χ2n) is 6.34. The molecule has 2 aliphatic carbocycles. The molecule has 0 radical (unpaired) electrons. The molecule has 0 spiro atoms. The van der Waals surface area contributed by atoms with E-state index in [4.69, 9.17) is 0 Å². The quantitative estimate of drug-likeness (QED) is 0.865. The van der Waals surface area contributed by atoms with Gasteiger partial charge in [-0.25, -0.2) is 0 Å². The van der Waals surface area contributed by atoms with Gasteiger partial charge >= 0.3 is 0 Å². The standard InChI is InChI=1S/C17H24N2O/c1-18-17(20)14-5-2-12(3-6-14)10-19-11-16-9-13-4-7-15(16)8-13/h2-3,5-6,13,15-16,19H,4,7-11H2,1H3,(H,18,20). The van der Waals surface area contributed by atoms with Crippen LogP contribution in [0.1, 0.15) is 41.6 Å². The SMILES string of the molecule is CNC(=O)c1ccc(CNCC2CC3CCC2C3)cc1. The summed E-state index contributed by atoms with van der Waals surface area (Å²) in [5.41, 5.74) is 1.98. The highest BCUT2D eigenvalue weighted by molar-refractivity contribution is 5.93. The van der Waals surface area contributed by atoms with Crippen molar-refractivity contribution in [1.29, 1.82) is 0 Å². The third kappa shape index (κ3) is 2.88. The molecular formula is C17H24N2O. The minimum absolute atomic E-state index is 0.0218. The second-order valence-corrected chi connectivity index (χ2v) is 6.34. The predicted molar refractivity (Wildman–Crippen MR) is 80.5 cm³/mol. The van der Waals surface area contributed by atoms with Gasteiger partial charge in [0.2, 0.25) is 0 Å². The van der Waals surface area contributed by atoms with Crippen molar-refractivity contribution in [2.45, 2.75) is 32.2 Å². The Balaban J connectivity index is 1.45. The van der Waals surface area contributed by atoms with Gasteiger partial charge in [-0.2, -0.15) is 0 Å². The molecule has 2 saturated carbocycles. The first-order valence-electron chi connectivity index (χ1n) is 7.78. The van der Waals surface area contributed by atoms with Crippen molar-refractivity contribution >= 4 is 5.91 Å². The maximum Gasteiger partial charge on any atom is 0.251 e. The smallest absolute Gasteiger partial charge is 0.251 e. The first kappa shape index (κ1) is 13.6. The Bertz CT molecular complexity index is 468. The lowest BCUT2D eigenvalue weighted by Crippen LogP contribution is -2.26. The van der Waals surface area contributed by atoms with Crippen LogP contribution in [0.25, 0.3) is 0 Å². The summed E-state index contributed by atoms with van der Waals surface area (Å²) in [6.45, 7) is 2.06. The van der Waals surface area contributed by atoms with Gasteiger partial charge < -0.3 is 10.6 Å². The summed E-state index contributed by atoms with van der Waals surface area (Å²) >= 11 is 0. The molecule has 3 heteroatoms. The fourth-order valence-electron chi connectivity index (χ4n) is 3.95. The number of rotatable bonds is 5. The molecule has 20 heavy (non-hydrogen) atoms. The minimum Gasteiger partial charge on any atom is -0.355 e.